The first-order chi connectivity index (χ1) is 11.1. The molecule has 5 nitrogen and oxygen atoms in total. The maximum Gasteiger partial charge on any atom is 0.305 e. The van der Waals surface area contributed by atoms with Gasteiger partial charge in [-0.1, -0.05) is 24.6 Å². The molecule has 1 aromatic rings. The van der Waals surface area contributed by atoms with Crippen molar-refractivity contribution in [3.8, 4) is 0 Å². The number of carbonyl (C=O) groups excluding carboxylic acids is 2. The maximum absolute atomic E-state index is 12.1. The average Bonchev–Trinajstić information content (AvgIpc) is 2.92. The highest BCUT2D eigenvalue weighted by Gasteiger charge is 2.35. The maximum atomic E-state index is 12.1. The molecule has 126 valence electrons. The smallest absolute Gasteiger partial charge is 0.305 e. The molecular formula is C17H23NO4S. The molecule has 1 heterocycles. The van der Waals surface area contributed by atoms with Gasteiger partial charge in [-0.2, -0.15) is 11.8 Å². The van der Waals surface area contributed by atoms with Crippen molar-refractivity contribution in [2.24, 2.45) is 0 Å². The first kappa shape index (κ1) is 17.8. The van der Waals surface area contributed by atoms with Gasteiger partial charge in [-0.25, -0.2) is 0 Å². The Labute approximate surface area is 140 Å². The SMILES string of the molecule is COC(=O)CCCC[C@H]1SC[C@H](NC(=O)c2ccccc2)[C@@H]1O. The van der Waals surface area contributed by atoms with E-state index in [1.165, 1.54) is 7.11 Å². The van der Waals surface area contributed by atoms with Crippen molar-refractivity contribution in [3.63, 3.8) is 0 Å². The molecule has 0 saturated carbocycles. The summed E-state index contributed by atoms with van der Waals surface area (Å²) in [4.78, 5) is 23.2. The number of hydrogen-bond donors (Lipinski definition) is 2. The highest BCUT2D eigenvalue weighted by Crippen LogP contribution is 2.31. The monoisotopic (exact) mass is 337 g/mol. The second-order valence-electron chi connectivity index (χ2n) is 5.63. The Balaban J connectivity index is 1.74. The summed E-state index contributed by atoms with van der Waals surface area (Å²) in [6.07, 6.45) is 2.32. The lowest BCUT2D eigenvalue weighted by atomic mass is 10.0. The molecule has 23 heavy (non-hydrogen) atoms. The number of aliphatic hydroxyl groups excluding tert-OH is 1. The van der Waals surface area contributed by atoms with E-state index in [4.69, 9.17) is 0 Å². The van der Waals surface area contributed by atoms with Crippen LogP contribution >= 0.6 is 11.8 Å². The molecule has 3 atom stereocenters. The molecule has 0 aliphatic carbocycles. The minimum atomic E-state index is -0.550. The van der Waals surface area contributed by atoms with Crippen LogP contribution < -0.4 is 5.32 Å². The molecule has 1 aliphatic rings. The van der Waals surface area contributed by atoms with Gasteiger partial charge in [0, 0.05) is 23.0 Å². The van der Waals surface area contributed by atoms with Crippen LogP contribution in [0.5, 0.6) is 0 Å². The third kappa shape index (κ3) is 5.25. The lowest BCUT2D eigenvalue weighted by molar-refractivity contribution is -0.140. The van der Waals surface area contributed by atoms with E-state index in [1.807, 2.05) is 18.2 Å². The standard InChI is InChI=1S/C17H23NO4S/c1-22-15(19)10-6-5-9-14-16(20)13(11-23-14)18-17(21)12-7-3-2-4-8-12/h2-4,7-8,13-14,16,20H,5-6,9-11H2,1H3,(H,18,21)/t13-,14+,16-/m0/s1. The van der Waals surface area contributed by atoms with Crippen molar-refractivity contribution in [1.29, 1.82) is 0 Å². The number of rotatable bonds is 7. The summed E-state index contributed by atoms with van der Waals surface area (Å²) in [6.45, 7) is 0. The summed E-state index contributed by atoms with van der Waals surface area (Å²) in [6, 6.07) is 8.79. The minimum Gasteiger partial charge on any atom is -0.469 e. The first-order valence-electron chi connectivity index (χ1n) is 7.84. The number of nitrogens with one attached hydrogen (secondary N) is 1. The summed E-state index contributed by atoms with van der Waals surface area (Å²) in [5.74, 6) is 0.362. The highest BCUT2D eigenvalue weighted by atomic mass is 32.2. The Morgan fingerprint density at radius 2 is 2.04 bits per heavy atom. The van der Waals surface area contributed by atoms with Crippen LogP contribution in [0.1, 0.15) is 36.0 Å². The number of ether oxygens (including phenoxy) is 1. The van der Waals surface area contributed by atoms with Crippen LogP contribution in [0.15, 0.2) is 30.3 Å². The number of thioether (sulfide) groups is 1. The van der Waals surface area contributed by atoms with Gasteiger partial charge >= 0.3 is 5.97 Å². The van der Waals surface area contributed by atoms with E-state index >= 15 is 0 Å². The van der Waals surface area contributed by atoms with Gasteiger partial charge in [-0.05, 0) is 25.0 Å². The molecule has 2 rings (SSSR count). The zero-order chi connectivity index (χ0) is 16.7. The number of esters is 1. The quantitative estimate of drug-likeness (QED) is 0.588. The molecule has 1 aromatic carbocycles. The molecule has 2 N–H and O–H groups in total. The normalized spacial score (nSPS) is 23.5. The average molecular weight is 337 g/mol. The first-order valence-corrected chi connectivity index (χ1v) is 8.89. The molecule has 0 radical (unpaired) electrons. The fraction of sp³-hybridized carbons (Fsp3) is 0.529. The van der Waals surface area contributed by atoms with Gasteiger partial charge in [0.15, 0.2) is 0 Å². The van der Waals surface area contributed by atoms with Crippen LogP contribution in [-0.4, -0.2) is 47.2 Å². The summed E-state index contributed by atoms with van der Waals surface area (Å²) in [5.41, 5.74) is 0.603. The Kier molecular flexibility index (Phi) is 6.92. The van der Waals surface area contributed by atoms with Crippen molar-refractivity contribution in [2.45, 2.75) is 43.1 Å². The number of amides is 1. The summed E-state index contributed by atoms with van der Waals surface area (Å²) >= 11 is 1.68. The van der Waals surface area contributed by atoms with Gasteiger partial charge in [0.2, 0.25) is 0 Å². The molecule has 6 heteroatoms. The van der Waals surface area contributed by atoms with Crippen LogP contribution in [0.2, 0.25) is 0 Å². The molecule has 1 saturated heterocycles. The molecule has 0 bridgehead atoms. The fourth-order valence-corrected chi connectivity index (χ4v) is 4.08. The van der Waals surface area contributed by atoms with E-state index in [9.17, 15) is 14.7 Å². The third-order valence-electron chi connectivity index (χ3n) is 3.98. The lowest BCUT2D eigenvalue weighted by Crippen LogP contribution is -2.44. The summed E-state index contributed by atoms with van der Waals surface area (Å²) < 4.78 is 4.61. The zero-order valence-electron chi connectivity index (χ0n) is 13.2. The molecule has 1 amide bonds. The van der Waals surface area contributed by atoms with E-state index in [1.54, 1.807) is 23.9 Å². The molecule has 0 aromatic heterocycles. The zero-order valence-corrected chi connectivity index (χ0v) is 14.1. The van der Waals surface area contributed by atoms with Crippen LogP contribution in [-0.2, 0) is 9.53 Å². The molecule has 1 fully saturated rings. The van der Waals surface area contributed by atoms with Crippen LogP contribution in [0.3, 0.4) is 0 Å². The van der Waals surface area contributed by atoms with Crippen molar-refractivity contribution >= 4 is 23.6 Å². The Bertz CT molecular complexity index is 523. The Morgan fingerprint density at radius 1 is 1.30 bits per heavy atom. The number of benzene rings is 1. The number of unbranched alkanes of at least 4 members (excludes halogenated alkanes) is 1. The number of carbonyl (C=O) groups is 2. The molecular weight excluding hydrogens is 314 g/mol. The van der Waals surface area contributed by atoms with Crippen molar-refractivity contribution in [2.75, 3.05) is 12.9 Å². The van der Waals surface area contributed by atoms with E-state index in [0.717, 1.165) is 19.3 Å². The second kappa shape index (κ2) is 8.93. The molecule has 0 spiro atoms. The third-order valence-corrected chi connectivity index (χ3v) is 5.48. The number of methoxy groups -OCH3 is 1. The molecule has 0 unspecified atom stereocenters. The fourth-order valence-electron chi connectivity index (χ4n) is 2.62. The van der Waals surface area contributed by atoms with Gasteiger partial charge < -0.3 is 15.2 Å². The van der Waals surface area contributed by atoms with Crippen LogP contribution in [0.4, 0.5) is 0 Å². The topological polar surface area (TPSA) is 75.6 Å². The van der Waals surface area contributed by atoms with Crippen LogP contribution in [0, 0.1) is 0 Å². The lowest BCUT2D eigenvalue weighted by Gasteiger charge is -2.19. The van der Waals surface area contributed by atoms with Gasteiger partial charge in [0.1, 0.15) is 0 Å². The highest BCUT2D eigenvalue weighted by molar-refractivity contribution is 8.00. The van der Waals surface area contributed by atoms with Crippen LogP contribution in [0.25, 0.3) is 0 Å². The second-order valence-corrected chi connectivity index (χ2v) is 6.90. The predicted octanol–water partition coefficient (Wildman–Crippen LogP) is 1.99. The summed E-state index contributed by atoms with van der Waals surface area (Å²) in [5, 5.41) is 13.4. The van der Waals surface area contributed by atoms with Gasteiger partial charge in [-0.15, -0.1) is 0 Å². The van der Waals surface area contributed by atoms with Gasteiger partial charge in [0.25, 0.3) is 5.91 Å². The van der Waals surface area contributed by atoms with Crippen molar-refractivity contribution < 1.29 is 19.4 Å². The van der Waals surface area contributed by atoms with Gasteiger partial charge in [-0.3, -0.25) is 9.59 Å². The van der Waals surface area contributed by atoms with E-state index in [0.29, 0.717) is 17.7 Å². The Morgan fingerprint density at radius 3 is 2.74 bits per heavy atom. The van der Waals surface area contributed by atoms with Crippen molar-refractivity contribution in [1.82, 2.24) is 5.32 Å². The number of hydrogen-bond acceptors (Lipinski definition) is 5. The summed E-state index contributed by atoms with van der Waals surface area (Å²) in [7, 11) is 1.39. The van der Waals surface area contributed by atoms with E-state index in [-0.39, 0.29) is 23.2 Å². The minimum absolute atomic E-state index is 0.105. The Hall–Kier alpha value is -1.53. The number of aliphatic hydroxyl groups is 1. The predicted molar refractivity (Wildman–Crippen MR) is 90.4 cm³/mol. The largest absolute Gasteiger partial charge is 0.469 e. The van der Waals surface area contributed by atoms with E-state index < -0.39 is 6.10 Å². The van der Waals surface area contributed by atoms with E-state index in [2.05, 4.69) is 10.1 Å². The van der Waals surface area contributed by atoms with Gasteiger partial charge in [0.05, 0.1) is 19.3 Å². The van der Waals surface area contributed by atoms with Crippen molar-refractivity contribution in [3.05, 3.63) is 35.9 Å². The molecule has 1 aliphatic heterocycles.